The molecule has 0 bridgehead atoms. The molecular weight excluding hydrogens is 258 g/mol. The van der Waals surface area contributed by atoms with Crippen LogP contribution in [0.25, 0.3) is 0 Å². The second-order valence-corrected chi connectivity index (χ2v) is 4.64. The molecule has 1 aromatic rings. The minimum absolute atomic E-state index is 0.0815. The fourth-order valence-corrected chi connectivity index (χ4v) is 2.59. The molecule has 1 heterocycles. The van der Waals surface area contributed by atoms with Crippen molar-refractivity contribution in [2.75, 3.05) is 7.11 Å². The number of hydroxylamine groups is 1. The molecule has 2 rings (SSSR count). The summed E-state index contributed by atoms with van der Waals surface area (Å²) in [5.41, 5.74) is 5.32. The third-order valence-electron chi connectivity index (χ3n) is 2.57. The number of rotatable bonds is 2. The van der Waals surface area contributed by atoms with Crippen molar-refractivity contribution in [3.05, 3.63) is 27.7 Å². The second kappa shape index (κ2) is 4.12. The summed E-state index contributed by atoms with van der Waals surface area (Å²) < 4.78 is 6.77. The van der Waals surface area contributed by atoms with Gasteiger partial charge in [-0.05, 0) is 41.4 Å². The molecule has 2 unspecified atom stereocenters. The Hall–Kier alpha value is -0.580. The van der Waals surface area contributed by atoms with Gasteiger partial charge in [-0.2, -0.15) is 5.48 Å². The molecule has 0 spiro atoms. The summed E-state index contributed by atoms with van der Waals surface area (Å²) in [6.45, 7) is 4.09. The number of hydrogen-bond donors (Lipinski definition) is 1. The zero-order valence-corrected chi connectivity index (χ0v) is 10.6. The van der Waals surface area contributed by atoms with Crippen LogP contribution in [0.15, 0.2) is 16.6 Å². The van der Waals surface area contributed by atoms with E-state index in [1.165, 1.54) is 5.56 Å². The maximum atomic E-state index is 5.77. The molecule has 3 nitrogen and oxygen atoms in total. The molecule has 1 N–H and O–H groups in total. The third kappa shape index (κ3) is 1.89. The average molecular weight is 272 g/mol. The van der Waals surface area contributed by atoms with Gasteiger partial charge in [-0.1, -0.05) is 6.07 Å². The number of halogens is 1. The fourth-order valence-electron chi connectivity index (χ4n) is 1.90. The normalized spacial score (nSPS) is 23.7. The van der Waals surface area contributed by atoms with E-state index in [4.69, 9.17) is 9.57 Å². The number of nitrogens with one attached hydrogen (secondary N) is 1. The van der Waals surface area contributed by atoms with Crippen molar-refractivity contribution in [1.29, 1.82) is 0 Å². The molecular formula is C11H14BrNO2. The first-order valence-electron chi connectivity index (χ1n) is 4.88. The van der Waals surface area contributed by atoms with Crippen LogP contribution in [-0.4, -0.2) is 13.2 Å². The minimum atomic E-state index is 0.0815. The highest BCUT2D eigenvalue weighted by molar-refractivity contribution is 9.10. The fraction of sp³-hybridized carbons (Fsp3) is 0.455. The molecule has 0 saturated heterocycles. The summed E-state index contributed by atoms with van der Waals surface area (Å²) in [5, 5.41) is 0. The van der Waals surface area contributed by atoms with Gasteiger partial charge in [0.2, 0.25) is 0 Å². The van der Waals surface area contributed by atoms with Gasteiger partial charge in [0, 0.05) is 5.56 Å². The SMILES string of the molecule is CONC1c2cc(C)cc(Br)c2OC1C. The van der Waals surface area contributed by atoms with Crippen molar-refractivity contribution in [3.63, 3.8) is 0 Å². The van der Waals surface area contributed by atoms with Gasteiger partial charge in [0.15, 0.2) is 0 Å². The standard InChI is InChI=1S/C11H14BrNO2/c1-6-4-8-10(13-14-3)7(2)15-11(8)9(12)5-6/h4-5,7,10,13H,1-3H3. The van der Waals surface area contributed by atoms with E-state index in [0.717, 1.165) is 15.8 Å². The van der Waals surface area contributed by atoms with E-state index in [-0.39, 0.29) is 12.1 Å². The highest BCUT2D eigenvalue weighted by atomic mass is 79.9. The lowest BCUT2D eigenvalue weighted by molar-refractivity contribution is 0.0338. The summed E-state index contributed by atoms with van der Waals surface area (Å²) >= 11 is 3.51. The summed E-state index contributed by atoms with van der Waals surface area (Å²) in [6.07, 6.45) is 0.0815. The van der Waals surface area contributed by atoms with Crippen molar-refractivity contribution in [2.45, 2.75) is 26.0 Å². The molecule has 82 valence electrons. The van der Waals surface area contributed by atoms with Crippen LogP contribution in [0.1, 0.15) is 24.1 Å². The number of hydrogen-bond acceptors (Lipinski definition) is 3. The molecule has 2 atom stereocenters. The van der Waals surface area contributed by atoms with Gasteiger partial charge < -0.3 is 9.57 Å². The summed E-state index contributed by atoms with van der Waals surface area (Å²) in [7, 11) is 1.62. The molecule has 0 aromatic heterocycles. The Morgan fingerprint density at radius 2 is 2.20 bits per heavy atom. The predicted octanol–water partition coefficient (Wildman–Crippen LogP) is 2.73. The smallest absolute Gasteiger partial charge is 0.139 e. The van der Waals surface area contributed by atoms with E-state index in [1.54, 1.807) is 7.11 Å². The van der Waals surface area contributed by atoms with Crippen LogP contribution in [0.2, 0.25) is 0 Å². The monoisotopic (exact) mass is 271 g/mol. The molecule has 0 aliphatic carbocycles. The van der Waals surface area contributed by atoms with Crippen LogP contribution in [0, 0.1) is 6.92 Å². The van der Waals surface area contributed by atoms with E-state index in [0.29, 0.717) is 0 Å². The van der Waals surface area contributed by atoms with Crippen LogP contribution in [0.5, 0.6) is 5.75 Å². The van der Waals surface area contributed by atoms with E-state index in [9.17, 15) is 0 Å². The van der Waals surface area contributed by atoms with Gasteiger partial charge in [-0.3, -0.25) is 0 Å². The molecule has 1 aliphatic heterocycles. The van der Waals surface area contributed by atoms with Crippen LogP contribution >= 0.6 is 15.9 Å². The van der Waals surface area contributed by atoms with Gasteiger partial charge >= 0.3 is 0 Å². The average Bonchev–Trinajstić information content (AvgIpc) is 2.46. The Labute approximate surface area is 97.8 Å². The lowest BCUT2D eigenvalue weighted by atomic mass is 10.0. The number of aryl methyl sites for hydroxylation is 1. The van der Waals surface area contributed by atoms with Crippen LogP contribution in [0.4, 0.5) is 0 Å². The van der Waals surface area contributed by atoms with E-state index in [2.05, 4.69) is 40.5 Å². The quantitative estimate of drug-likeness (QED) is 0.840. The molecule has 4 heteroatoms. The molecule has 1 aliphatic rings. The summed E-state index contributed by atoms with van der Waals surface area (Å²) in [6, 6.07) is 4.28. The second-order valence-electron chi connectivity index (χ2n) is 3.79. The van der Waals surface area contributed by atoms with Gasteiger partial charge in [0.05, 0.1) is 17.6 Å². The summed E-state index contributed by atoms with van der Waals surface area (Å²) in [5.74, 6) is 0.919. The molecule has 0 amide bonds. The van der Waals surface area contributed by atoms with Crippen molar-refractivity contribution in [2.24, 2.45) is 0 Å². The predicted molar refractivity (Wildman–Crippen MR) is 61.9 cm³/mol. The van der Waals surface area contributed by atoms with Crippen molar-refractivity contribution >= 4 is 15.9 Å². The van der Waals surface area contributed by atoms with E-state index < -0.39 is 0 Å². The Morgan fingerprint density at radius 1 is 1.47 bits per heavy atom. The molecule has 0 saturated carbocycles. The first-order chi connectivity index (χ1) is 7.13. The Morgan fingerprint density at radius 3 is 2.87 bits per heavy atom. The van der Waals surface area contributed by atoms with E-state index >= 15 is 0 Å². The minimum Gasteiger partial charge on any atom is -0.487 e. The first-order valence-corrected chi connectivity index (χ1v) is 5.68. The van der Waals surface area contributed by atoms with Gasteiger partial charge in [-0.15, -0.1) is 0 Å². The van der Waals surface area contributed by atoms with Crippen LogP contribution in [-0.2, 0) is 4.84 Å². The highest BCUT2D eigenvalue weighted by Crippen LogP contribution is 2.42. The third-order valence-corrected chi connectivity index (χ3v) is 3.16. The largest absolute Gasteiger partial charge is 0.487 e. The van der Waals surface area contributed by atoms with Crippen molar-refractivity contribution in [1.82, 2.24) is 5.48 Å². The lowest BCUT2D eigenvalue weighted by Crippen LogP contribution is -2.27. The van der Waals surface area contributed by atoms with Crippen molar-refractivity contribution < 1.29 is 9.57 Å². The Bertz CT molecular complexity index is 381. The van der Waals surface area contributed by atoms with Crippen LogP contribution < -0.4 is 10.2 Å². The summed E-state index contributed by atoms with van der Waals surface area (Å²) in [4.78, 5) is 4.99. The highest BCUT2D eigenvalue weighted by Gasteiger charge is 2.32. The molecule has 0 fully saturated rings. The maximum Gasteiger partial charge on any atom is 0.139 e. The number of ether oxygens (including phenoxy) is 1. The topological polar surface area (TPSA) is 30.5 Å². The molecule has 1 aromatic carbocycles. The van der Waals surface area contributed by atoms with E-state index in [1.807, 2.05) is 6.92 Å². The maximum absolute atomic E-state index is 5.77. The molecule has 0 radical (unpaired) electrons. The Kier molecular flexibility index (Phi) is 3.00. The van der Waals surface area contributed by atoms with Gasteiger partial charge in [0.25, 0.3) is 0 Å². The van der Waals surface area contributed by atoms with Gasteiger partial charge in [0.1, 0.15) is 11.9 Å². The number of fused-ring (bicyclic) bond motifs is 1. The Balaban J connectivity index is 2.43. The van der Waals surface area contributed by atoms with Crippen LogP contribution in [0.3, 0.4) is 0 Å². The van der Waals surface area contributed by atoms with Crippen molar-refractivity contribution in [3.8, 4) is 5.75 Å². The zero-order valence-electron chi connectivity index (χ0n) is 9.00. The zero-order chi connectivity index (χ0) is 11.0. The molecule has 15 heavy (non-hydrogen) atoms. The first kappa shape index (κ1) is 10.9. The lowest BCUT2D eigenvalue weighted by Gasteiger charge is -2.14. The number of benzene rings is 1. The van der Waals surface area contributed by atoms with Gasteiger partial charge in [-0.25, -0.2) is 0 Å².